The van der Waals surface area contributed by atoms with Gasteiger partial charge in [0.1, 0.15) is 0 Å². The highest BCUT2D eigenvalue weighted by atomic mass is 16.5. The van der Waals surface area contributed by atoms with Crippen molar-refractivity contribution in [1.82, 2.24) is 10.6 Å². The van der Waals surface area contributed by atoms with Crippen molar-refractivity contribution in [3.05, 3.63) is 0 Å². The Morgan fingerprint density at radius 1 is 1.05 bits per heavy atom. The Bertz CT molecular complexity index is 319. The molecule has 0 saturated carbocycles. The Morgan fingerprint density at radius 2 is 1.57 bits per heavy atom. The maximum atomic E-state index is 11.2. The van der Waals surface area contributed by atoms with E-state index in [-0.39, 0.29) is 17.6 Å². The van der Waals surface area contributed by atoms with Crippen molar-refractivity contribution in [3.63, 3.8) is 0 Å². The van der Waals surface area contributed by atoms with Gasteiger partial charge in [0.25, 0.3) is 0 Å². The summed E-state index contributed by atoms with van der Waals surface area (Å²) in [6, 6.07) is 0. The zero-order chi connectivity index (χ0) is 16.3. The van der Waals surface area contributed by atoms with Crippen LogP contribution in [0.5, 0.6) is 0 Å². The molecule has 0 aliphatic carbocycles. The van der Waals surface area contributed by atoms with Crippen molar-refractivity contribution < 1.29 is 19.1 Å². The molecular weight excluding hydrogens is 272 g/mol. The second-order valence-corrected chi connectivity index (χ2v) is 5.97. The van der Waals surface area contributed by atoms with Crippen LogP contribution in [0.25, 0.3) is 0 Å². The molecular formula is C15H30N2O4. The average Bonchev–Trinajstić information content (AvgIpc) is 2.36. The molecule has 0 saturated heterocycles. The summed E-state index contributed by atoms with van der Waals surface area (Å²) < 4.78 is 9.64. The van der Waals surface area contributed by atoms with Crippen LogP contribution in [0, 0.1) is 11.3 Å². The molecule has 124 valence electrons. The largest absolute Gasteiger partial charge is 0.450 e. The van der Waals surface area contributed by atoms with Crippen LogP contribution in [0.2, 0.25) is 0 Å². The maximum absolute atomic E-state index is 11.2. The van der Waals surface area contributed by atoms with E-state index in [1.807, 2.05) is 0 Å². The Balaban J connectivity index is 3.93. The van der Waals surface area contributed by atoms with Gasteiger partial charge in [0.05, 0.1) is 13.2 Å². The Labute approximate surface area is 127 Å². The first kappa shape index (κ1) is 19.5. The minimum absolute atomic E-state index is 0.0786. The van der Waals surface area contributed by atoms with Crippen molar-refractivity contribution in [2.75, 3.05) is 26.3 Å². The van der Waals surface area contributed by atoms with Gasteiger partial charge in [-0.3, -0.25) is 0 Å². The molecule has 1 atom stereocenters. The smallest absolute Gasteiger partial charge is 0.407 e. The van der Waals surface area contributed by atoms with Gasteiger partial charge in [-0.2, -0.15) is 0 Å². The molecule has 0 heterocycles. The number of hydrogen-bond acceptors (Lipinski definition) is 4. The monoisotopic (exact) mass is 302 g/mol. The number of ether oxygens (including phenoxy) is 2. The average molecular weight is 302 g/mol. The van der Waals surface area contributed by atoms with Crippen LogP contribution in [0.4, 0.5) is 9.59 Å². The summed E-state index contributed by atoms with van der Waals surface area (Å²) in [6.07, 6.45) is 1.07. The Morgan fingerprint density at radius 3 is 2.10 bits per heavy atom. The molecule has 0 aliphatic rings. The van der Waals surface area contributed by atoms with Crippen molar-refractivity contribution >= 4 is 12.2 Å². The maximum Gasteiger partial charge on any atom is 0.407 e. The molecule has 0 aliphatic heterocycles. The molecule has 6 heteroatoms. The zero-order valence-electron chi connectivity index (χ0n) is 14.0. The van der Waals surface area contributed by atoms with E-state index in [9.17, 15) is 9.59 Å². The van der Waals surface area contributed by atoms with Crippen LogP contribution in [-0.4, -0.2) is 38.5 Å². The van der Waals surface area contributed by atoms with Gasteiger partial charge in [0.15, 0.2) is 0 Å². The summed E-state index contributed by atoms with van der Waals surface area (Å²) in [7, 11) is 0. The Hall–Kier alpha value is -1.46. The van der Waals surface area contributed by atoms with Gasteiger partial charge in [-0.15, -0.1) is 0 Å². The first-order valence-electron chi connectivity index (χ1n) is 7.62. The van der Waals surface area contributed by atoms with Crippen molar-refractivity contribution in [3.8, 4) is 0 Å². The molecule has 2 N–H and O–H groups in total. The van der Waals surface area contributed by atoms with Gasteiger partial charge in [-0.05, 0) is 38.0 Å². The quantitative estimate of drug-likeness (QED) is 0.686. The van der Waals surface area contributed by atoms with Crippen molar-refractivity contribution in [2.24, 2.45) is 11.3 Å². The molecule has 21 heavy (non-hydrogen) atoms. The number of carbonyl (C=O) groups is 2. The third-order valence-electron chi connectivity index (χ3n) is 3.12. The molecule has 0 rings (SSSR count). The highest BCUT2D eigenvalue weighted by Crippen LogP contribution is 2.28. The second kappa shape index (κ2) is 10.3. The van der Waals surface area contributed by atoms with Crippen LogP contribution in [0.3, 0.4) is 0 Å². The second-order valence-electron chi connectivity index (χ2n) is 5.97. The summed E-state index contributed by atoms with van der Waals surface area (Å²) in [5.41, 5.74) is 0.0786. The first-order chi connectivity index (χ1) is 9.80. The lowest BCUT2D eigenvalue weighted by Crippen LogP contribution is -2.32. The van der Waals surface area contributed by atoms with Gasteiger partial charge < -0.3 is 20.1 Å². The lowest BCUT2D eigenvalue weighted by molar-refractivity contribution is 0.145. The molecule has 0 fully saturated rings. The Kier molecular flexibility index (Phi) is 9.58. The van der Waals surface area contributed by atoms with Crippen LogP contribution >= 0.6 is 0 Å². The van der Waals surface area contributed by atoms with E-state index in [0.29, 0.717) is 32.2 Å². The fourth-order valence-corrected chi connectivity index (χ4v) is 2.24. The number of rotatable bonds is 9. The number of carbonyl (C=O) groups excluding carboxylic acids is 2. The standard InChI is InChI=1S/C15H30N2O4/c1-6-20-13(18)16-9-8-15(4,5)10-12(3)11-17-14(19)21-7-2/h12H,6-11H2,1-5H3,(H,16,18)(H,17,19). The van der Waals surface area contributed by atoms with Crippen molar-refractivity contribution in [1.29, 1.82) is 0 Å². The fraction of sp³-hybridized carbons (Fsp3) is 0.867. The summed E-state index contributed by atoms with van der Waals surface area (Å²) in [5, 5.41) is 5.48. The molecule has 0 radical (unpaired) electrons. The summed E-state index contributed by atoms with van der Waals surface area (Å²) >= 11 is 0. The van der Waals surface area contributed by atoms with E-state index < -0.39 is 0 Å². The minimum atomic E-state index is -0.370. The van der Waals surface area contributed by atoms with E-state index in [1.165, 1.54) is 0 Å². The zero-order valence-corrected chi connectivity index (χ0v) is 14.0. The van der Waals surface area contributed by atoms with E-state index in [1.54, 1.807) is 13.8 Å². The van der Waals surface area contributed by atoms with Gasteiger partial charge in [-0.25, -0.2) is 9.59 Å². The molecule has 1 unspecified atom stereocenters. The number of nitrogens with one attached hydrogen (secondary N) is 2. The van der Waals surface area contributed by atoms with E-state index in [4.69, 9.17) is 9.47 Å². The lowest BCUT2D eigenvalue weighted by Gasteiger charge is -2.28. The van der Waals surface area contributed by atoms with Crippen LogP contribution in [0.15, 0.2) is 0 Å². The predicted molar refractivity (Wildman–Crippen MR) is 82.2 cm³/mol. The molecule has 0 spiro atoms. The fourth-order valence-electron chi connectivity index (χ4n) is 2.24. The highest BCUT2D eigenvalue weighted by molar-refractivity contribution is 5.67. The minimum Gasteiger partial charge on any atom is -0.450 e. The molecule has 0 aromatic rings. The topological polar surface area (TPSA) is 76.7 Å². The predicted octanol–water partition coefficient (Wildman–Crippen LogP) is 2.92. The third kappa shape index (κ3) is 10.9. The van der Waals surface area contributed by atoms with E-state index in [0.717, 1.165) is 12.8 Å². The lowest BCUT2D eigenvalue weighted by atomic mass is 9.80. The highest BCUT2D eigenvalue weighted by Gasteiger charge is 2.21. The summed E-state index contributed by atoms with van der Waals surface area (Å²) in [5.74, 6) is 0.340. The van der Waals surface area contributed by atoms with Crippen LogP contribution in [-0.2, 0) is 9.47 Å². The van der Waals surface area contributed by atoms with Crippen molar-refractivity contribution in [2.45, 2.75) is 47.5 Å². The third-order valence-corrected chi connectivity index (χ3v) is 3.12. The molecule has 0 aromatic carbocycles. The first-order valence-corrected chi connectivity index (χ1v) is 7.62. The summed E-state index contributed by atoms with van der Waals surface area (Å²) in [4.78, 5) is 22.4. The molecule has 2 amide bonds. The molecule has 6 nitrogen and oxygen atoms in total. The molecule has 0 bridgehead atoms. The van der Waals surface area contributed by atoms with E-state index in [2.05, 4.69) is 31.4 Å². The normalized spacial score (nSPS) is 12.4. The van der Waals surface area contributed by atoms with Gasteiger partial charge in [-0.1, -0.05) is 20.8 Å². The van der Waals surface area contributed by atoms with Crippen LogP contribution in [0.1, 0.15) is 47.5 Å². The number of hydrogen-bond donors (Lipinski definition) is 2. The number of amides is 2. The van der Waals surface area contributed by atoms with Gasteiger partial charge in [0, 0.05) is 13.1 Å². The van der Waals surface area contributed by atoms with Gasteiger partial charge >= 0.3 is 12.2 Å². The number of alkyl carbamates (subject to hydrolysis) is 2. The van der Waals surface area contributed by atoms with Crippen LogP contribution < -0.4 is 10.6 Å². The molecule has 0 aromatic heterocycles. The summed E-state index contributed by atoms with van der Waals surface area (Å²) in [6.45, 7) is 11.9. The van der Waals surface area contributed by atoms with Gasteiger partial charge in [0.2, 0.25) is 0 Å². The SMILES string of the molecule is CCOC(=O)NCCC(C)(C)CC(C)CNC(=O)OCC. The van der Waals surface area contributed by atoms with E-state index >= 15 is 0 Å².